The highest BCUT2D eigenvalue weighted by Crippen LogP contribution is 2.09. The van der Waals surface area contributed by atoms with Gasteiger partial charge in [-0.2, -0.15) is 0 Å². The number of aromatic nitrogens is 3. The number of carboxylic acid groups (broad SMARTS) is 1. The number of nitrogens with zero attached hydrogens (tertiary/aromatic N) is 4. The molecule has 6 nitrogen and oxygen atoms in total. The molecule has 0 fully saturated rings. The van der Waals surface area contributed by atoms with Gasteiger partial charge in [-0.15, -0.1) is 17.5 Å². The second-order valence-corrected chi connectivity index (χ2v) is 3.76. The second-order valence-electron chi connectivity index (χ2n) is 3.76. The molecule has 0 saturated carbocycles. The van der Waals surface area contributed by atoms with E-state index in [0.717, 1.165) is 0 Å². The number of rotatable bonds is 3. The van der Waals surface area contributed by atoms with Crippen molar-refractivity contribution in [3.8, 4) is 0 Å². The SMILES string of the molecule is CN(C)Cc1nc2c(C(=O)O)cccn2n1.Cl. The van der Waals surface area contributed by atoms with Crippen LogP contribution in [0.15, 0.2) is 18.3 Å². The molecule has 0 bridgehead atoms. The third kappa shape index (κ3) is 2.72. The summed E-state index contributed by atoms with van der Waals surface area (Å²) in [7, 11) is 3.81. The van der Waals surface area contributed by atoms with Gasteiger partial charge in [-0.05, 0) is 26.2 Å². The number of aromatic carboxylic acids is 1. The molecule has 17 heavy (non-hydrogen) atoms. The third-order valence-corrected chi connectivity index (χ3v) is 2.09. The Kier molecular flexibility index (Phi) is 4.03. The van der Waals surface area contributed by atoms with Crippen molar-refractivity contribution in [3.63, 3.8) is 0 Å². The van der Waals surface area contributed by atoms with Crippen LogP contribution in [-0.4, -0.2) is 44.7 Å². The van der Waals surface area contributed by atoms with Gasteiger partial charge >= 0.3 is 5.97 Å². The van der Waals surface area contributed by atoms with Crippen molar-refractivity contribution in [2.45, 2.75) is 6.54 Å². The second kappa shape index (κ2) is 5.11. The molecule has 0 aromatic carbocycles. The highest BCUT2D eigenvalue weighted by atomic mass is 35.5. The van der Waals surface area contributed by atoms with Crippen LogP contribution >= 0.6 is 12.4 Å². The number of halogens is 1. The lowest BCUT2D eigenvalue weighted by molar-refractivity contribution is 0.0698. The molecular formula is C10H13ClN4O2. The monoisotopic (exact) mass is 256 g/mol. The van der Waals surface area contributed by atoms with E-state index in [0.29, 0.717) is 18.0 Å². The summed E-state index contributed by atoms with van der Waals surface area (Å²) >= 11 is 0. The molecular weight excluding hydrogens is 244 g/mol. The Morgan fingerprint density at radius 3 is 2.82 bits per heavy atom. The van der Waals surface area contributed by atoms with E-state index in [2.05, 4.69) is 10.1 Å². The molecule has 0 aliphatic rings. The van der Waals surface area contributed by atoms with E-state index in [1.54, 1.807) is 12.3 Å². The number of hydrogen-bond donors (Lipinski definition) is 1. The maximum absolute atomic E-state index is 11.0. The molecule has 2 rings (SSSR count). The Morgan fingerprint density at radius 1 is 1.53 bits per heavy atom. The smallest absolute Gasteiger partial charge is 0.339 e. The normalized spacial score (nSPS) is 10.5. The van der Waals surface area contributed by atoms with Gasteiger partial charge in [0.25, 0.3) is 0 Å². The molecule has 7 heteroatoms. The first-order valence-electron chi connectivity index (χ1n) is 4.80. The van der Waals surface area contributed by atoms with Crippen LogP contribution in [-0.2, 0) is 6.54 Å². The van der Waals surface area contributed by atoms with Crippen molar-refractivity contribution in [1.82, 2.24) is 19.5 Å². The minimum absolute atomic E-state index is 0. The van der Waals surface area contributed by atoms with Gasteiger partial charge in [0.05, 0.1) is 6.54 Å². The Morgan fingerprint density at radius 2 is 2.24 bits per heavy atom. The molecule has 0 spiro atoms. The summed E-state index contributed by atoms with van der Waals surface area (Å²) in [6.45, 7) is 0.584. The summed E-state index contributed by atoms with van der Waals surface area (Å²) in [5, 5.41) is 13.2. The number of hydrogen-bond acceptors (Lipinski definition) is 4. The molecule has 2 aromatic heterocycles. The maximum atomic E-state index is 11.0. The molecule has 0 amide bonds. The number of carboxylic acids is 1. The predicted molar refractivity (Wildman–Crippen MR) is 64.6 cm³/mol. The zero-order valence-corrected chi connectivity index (χ0v) is 10.3. The molecule has 92 valence electrons. The quantitative estimate of drug-likeness (QED) is 0.884. The number of fused-ring (bicyclic) bond motifs is 1. The zero-order chi connectivity index (χ0) is 11.7. The molecule has 1 N–H and O–H groups in total. The Hall–Kier alpha value is -1.66. The van der Waals surface area contributed by atoms with E-state index >= 15 is 0 Å². The van der Waals surface area contributed by atoms with Crippen LogP contribution in [0.3, 0.4) is 0 Å². The van der Waals surface area contributed by atoms with Crippen molar-refractivity contribution in [2.24, 2.45) is 0 Å². The lowest BCUT2D eigenvalue weighted by atomic mass is 10.3. The summed E-state index contributed by atoms with van der Waals surface area (Å²) in [6, 6.07) is 3.16. The van der Waals surface area contributed by atoms with Crippen molar-refractivity contribution in [1.29, 1.82) is 0 Å². The summed E-state index contributed by atoms with van der Waals surface area (Å²) in [6.07, 6.45) is 1.69. The van der Waals surface area contributed by atoms with Crippen LogP contribution < -0.4 is 0 Å². The summed E-state index contributed by atoms with van der Waals surface area (Å²) in [5.41, 5.74) is 0.548. The molecule has 0 unspecified atom stereocenters. The standard InChI is InChI=1S/C10H12N4O2.ClH/c1-13(2)6-8-11-9-7(10(15)16)4-3-5-14(9)12-8;/h3-5H,6H2,1-2H3,(H,15,16);1H. The average Bonchev–Trinajstić information content (AvgIpc) is 2.57. The number of pyridine rings is 1. The van der Waals surface area contributed by atoms with Gasteiger partial charge in [-0.25, -0.2) is 14.3 Å². The van der Waals surface area contributed by atoms with Gasteiger partial charge in [-0.3, -0.25) is 0 Å². The first kappa shape index (κ1) is 13.4. The summed E-state index contributed by atoms with van der Waals surface area (Å²) < 4.78 is 1.49. The lowest BCUT2D eigenvalue weighted by Gasteiger charge is -2.03. The van der Waals surface area contributed by atoms with Crippen molar-refractivity contribution in [2.75, 3.05) is 14.1 Å². The maximum Gasteiger partial charge on any atom is 0.339 e. The minimum Gasteiger partial charge on any atom is -0.478 e. The molecule has 0 atom stereocenters. The van der Waals surface area contributed by atoms with Crippen molar-refractivity contribution < 1.29 is 9.90 Å². The highest BCUT2D eigenvalue weighted by Gasteiger charge is 2.12. The Labute approximate surface area is 104 Å². The van der Waals surface area contributed by atoms with E-state index in [1.165, 1.54) is 10.6 Å². The topological polar surface area (TPSA) is 70.7 Å². The van der Waals surface area contributed by atoms with Crippen molar-refractivity contribution in [3.05, 3.63) is 29.7 Å². The summed E-state index contributed by atoms with van der Waals surface area (Å²) in [4.78, 5) is 17.1. The molecule has 0 radical (unpaired) electrons. The van der Waals surface area contributed by atoms with Gasteiger partial charge in [0, 0.05) is 6.20 Å². The van der Waals surface area contributed by atoms with Gasteiger partial charge in [0.2, 0.25) is 0 Å². The molecule has 0 saturated heterocycles. The first-order valence-corrected chi connectivity index (χ1v) is 4.80. The molecule has 0 aliphatic heterocycles. The Balaban J connectivity index is 0.00000144. The lowest BCUT2D eigenvalue weighted by Crippen LogP contribution is -2.11. The van der Waals surface area contributed by atoms with E-state index in [-0.39, 0.29) is 18.0 Å². The fourth-order valence-electron chi connectivity index (χ4n) is 1.47. The third-order valence-electron chi connectivity index (χ3n) is 2.09. The van der Waals surface area contributed by atoms with Crippen LogP contribution in [0.25, 0.3) is 5.65 Å². The number of carbonyl (C=O) groups is 1. The largest absolute Gasteiger partial charge is 0.478 e. The van der Waals surface area contributed by atoms with E-state index in [4.69, 9.17) is 5.11 Å². The van der Waals surface area contributed by atoms with Crippen LogP contribution in [0, 0.1) is 0 Å². The first-order chi connectivity index (χ1) is 7.58. The highest BCUT2D eigenvalue weighted by molar-refractivity contribution is 5.94. The zero-order valence-electron chi connectivity index (χ0n) is 9.49. The Bertz CT molecular complexity index is 538. The fraction of sp³-hybridized carbons (Fsp3) is 0.300. The van der Waals surface area contributed by atoms with Crippen LogP contribution in [0.5, 0.6) is 0 Å². The van der Waals surface area contributed by atoms with E-state index < -0.39 is 5.97 Å². The van der Waals surface area contributed by atoms with Crippen LogP contribution in [0.4, 0.5) is 0 Å². The minimum atomic E-state index is -0.991. The molecule has 2 aromatic rings. The van der Waals surface area contributed by atoms with Gasteiger partial charge < -0.3 is 10.0 Å². The van der Waals surface area contributed by atoms with Crippen LogP contribution in [0.2, 0.25) is 0 Å². The van der Waals surface area contributed by atoms with Crippen LogP contribution in [0.1, 0.15) is 16.2 Å². The fourth-order valence-corrected chi connectivity index (χ4v) is 1.47. The average molecular weight is 257 g/mol. The van der Waals surface area contributed by atoms with Gasteiger partial charge in [0.15, 0.2) is 11.5 Å². The summed E-state index contributed by atoms with van der Waals surface area (Å²) in [5.74, 6) is -0.381. The van der Waals surface area contributed by atoms with E-state index in [9.17, 15) is 4.79 Å². The predicted octanol–water partition coefficient (Wildman–Crippen LogP) is 0.911. The molecule has 0 aliphatic carbocycles. The van der Waals surface area contributed by atoms with Crippen molar-refractivity contribution >= 4 is 24.0 Å². The van der Waals surface area contributed by atoms with E-state index in [1.807, 2.05) is 19.0 Å². The van der Waals surface area contributed by atoms with Gasteiger partial charge in [-0.1, -0.05) is 0 Å². The molecule has 2 heterocycles. The van der Waals surface area contributed by atoms with Gasteiger partial charge in [0.1, 0.15) is 5.56 Å².